The van der Waals surface area contributed by atoms with Crippen LogP contribution in [0.3, 0.4) is 0 Å². The van der Waals surface area contributed by atoms with Gasteiger partial charge in [0.1, 0.15) is 36.6 Å². The van der Waals surface area contributed by atoms with Crippen LogP contribution in [0.2, 0.25) is 0 Å². The number of fused-ring (bicyclic) bond motifs is 7. The summed E-state index contributed by atoms with van der Waals surface area (Å²) in [5, 5.41) is 74.1. The molecular formula is C40H64O12. The van der Waals surface area contributed by atoms with E-state index in [4.69, 9.17) is 18.9 Å². The van der Waals surface area contributed by atoms with Crippen molar-refractivity contribution in [3.05, 3.63) is 11.6 Å². The first-order valence-corrected chi connectivity index (χ1v) is 19.8. The van der Waals surface area contributed by atoms with Crippen molar-refractivity contribution in [2.24, 2.45) is 56.7 Å². The van der Waals surface area contributed by atoms with Gasteiger partial charge in [0.25, 0.3) is 0 Å². The molecule has 0 aromatic heterocycles. The highest BCUT2D eigenvalue weighted by atomic mass is 16.7. The van der Waals surface area contributed by atoms with Crippen molar-refractivity contribution in [3.8, 4) is 0 Å². The highest BCUT2D eigenvalue weighted by Crippen LogP contribution is 2.76. The minimum atomic E-state index is -1.51. The van der Waals surface area contributed by atoms with Crippen molar-refractivity contribution in [1.82, 2.24) is 0 Å². The maximum absolute atomic E-state index is 13.1. The van der Waals surface area contributed by atoms with Crippen LogP contribution in [0.15, 0.2) is 11.6 Å². The Hall–Kier alpha value is -1.19. The van der Waals surface area contributed by atoms with Gasteiger partial charge in [-0.25, -0.2) is 0 Å². The van der Waals surface area contributed by atoms with Crippen molar-refractivity contribution < 1.29 is 59.5 Å². The van der Waals surface area contributed by atoms with Gasteiger partial charge >= 0.3 is 5.97 Å². The summed E-state index contributed by atoms with van der Waals surface area (Å²) in [4.78, 5) is 13.1. The number of carboxylic acids is 1. The minimum absolute atomic E-state index is 0.00466. The SMILES string of the molecule is C[C@H]1[C@H](C)CC[C@]2(C(=O)O)CC[C@]3(C)C(=CC[C@@H]4[C@@]5(C)C[C@@H](O[C@@H]6OC[C@@H](O)[C@H](O)[C@H]6O)[C@H](O[C@@H]6OC[C@@H](O)[C@H](O)[C@H]6O)C(C)(C)[C@@H]5CC[C@]43C)[C@H]12. The molecule has 19 atom stereocenters. The number of hydrogen-bond acceptors (Lipinski definition) is 11. The Kier molecular flexibility index (Phi) is 9.92. The minimum Gasteiger partial charge on any atom is -0.481 e. The zero-order valence-corrected chi connectivity index (χ0v) is 32.0. The maximum atomic E-state index is 13.1. The molecule has 0 amide bonds. The van der Waals surface area contributed by atoms with Crippen LogP contribution in [-0.4, -0.2) is 116 Å². The summed E-state index contributed by atoms with van der Waals surface area (Å²) in [5.41, 5.74) is -0.645. The number of aliphatic carboxylic acids is 1. The molecule has 2 aliphatic heterocycles. The number of allylic oxidation sites excluding steroid dienone is 2. The Morgan fingerprint density at radius 3 is 1.96 bits per heavy atom. The molecule has 0 bridgehead atoms. The molecule has 2 heterocycles. The summed E-state index contributed by atoms with van der Waals surface area (Å²) in [5.74, 6) is 0.376. The second-order valence-corrected chi connectivity index (χ2v) is 19.4. The fourth-order valence-corrected chi connectivity index (χ4v) is 13.4. The van der Waals surface area contributed by atoms with E-state index >= 15 is 0 Å². The number of carboxylic acid groups (broad SMARTS) is 1. The van der Waals surface area contributed by atoms with Crippen molar-refractivity contribution in [2.75, 3.05) is 13.2 Å². The first-order chi connectivity index (χ1) is 24.2. The molecule has 0 unspecified atom stereocenters. The zero-order valence-electron chi connectivity index (χ0n) is 32.0. The molecule has 0 aromatic carbocycles. The van der Waals surface area contributed by atoms with Crippen molar-refractivity contribution in [3.63, 3.8) is 0 Å². The van der Waals surface area contributed by atoms with Crippen LogP contribution in [0.4, 0.5) is 0 Å². The van der Waals surface area contributed by atoms with Crippen molar-refractivity contribution in [2.45, 2.75) is 161 Å². The van der Waals surface area contributed by atoms with Crippen molar-refractivity contribution in [1.29, 1.82) is 0 Å². The largest absolute Gasteiger partial charge is 0.481 e. The third-order valence-electron chi connectivity index (χ3n) is 16.8. The predicted octanol–water partition coefficient (Wildman–Crippen LogP) is 2.99. The molecule has 4 saturated carbocycles. The number of carbonyl (C=O) groups is 1. The Labute approximate surface area is 307 Å². The van der Waals surface area contributed by atoms with E-state index in [1.165, 1.54) is 5.57 Å². The zero-order chi connectivity index (χ0) is 37.9. The van der Waals surface area contributed by atoms with E-state index in [2.05, 4.69) is 54.5 Å². The van der Waals surface area contributed by atoms with Gasteiger partial charge in [-0.05, 0) is 103 Å². The smallest absolute Gasteiger partial charge is 0.310 e. The third kappa shape index (κ3) is 5.47. The van der Waals surface area contributed by atoms with Gasteiger partial charge in [0, 0.05) is 0 Å². The van der Waals surface area contributed by atoms with Crippen LogP contribution < -0.4 is 0 Å². The predicted molar refractivity (Wildman–Crippen MR) is 187 cm³/mol. The van der Waals surface area contributed by atoms with E-state index in [-0.39, 0.29) is 53.1 Å². The van der Waals surface area contributed by atoms with Gasteiger partial charge in [0.2, 0.25) is 0 Å². The van der Waals surface area contributed by atoms with Crippen LogP contribution in [0.1, 0.15) is 99.8 Å². The summed E-state index contributed by atoms with van der Waals surface area (Å²) in [6, 6.07) is 0. The molecule has 2 saturated heterocycles. The first kappa shape index (κ1) is 39.1. The lowest BCUT2D eigenvalue weighted by molar-refractivity contribution is -0.351. The van der Waals surface area contributed by atoms with E-state index < -0.39 is 78.2 Å². The number of hydrogen-bond donors (Lipinski definition) is 7. The van der Waals surface area contributed by atoms with Crippen LogP contribution in [-0.2, 0) is 23.7 Å². The Balaban J connectivity index is 1.27. The van der Waals surface area contributed by atoms with Gasteiger partial charge in [-0.1, -0.05) is 60.1 Å². The summed E-state index contributed by atoms with van der Waals surface area (Å²) >= 11 is 0. The lowest BCUT2D eigenvalue weighted by atomic mass is 9.33. The highest BCUT2D eigenvalue weighted by Gasteiger charge is 2.71. The molecule has 0 radical (unpaired) electrons. The van der Waals surface area contributed by atoms with E-state index in [9.17, 15) is 40.5 Å². The lowest BCUT2D eigenvalue weighted by Crippen LogP contribution is -2.69. The van der Waals surface area contributed by atoms with Gasteiger partial charge in [0.15, 0.2) is 12.6 Å². The fraction of sp³-hybridized carbons (Fsp3) is 0.925. The first-order valence-electron chi connectivity index (χ1n) is 19.8. The number of rotatable bonds is 5. The molecule has 7 N–H and O–H groups in total. The average molecular weight is 737 g/mol. The molecule has 6 fully saturated rings. The van der Waals surface area contributed by atoms with Crippen LogP contribution in [0, 0.1) is 56.7 Å². The maximum Gasteiger partial charge on any atom is 0.310 e. The van der Waals surface area contributed by atoms with Gasteiger partial charge in [-0.3, -0.25) is 4.79 Å². The van der Waals surface area contributed by atoms with Gasteiger partial charge < -0.3 is 54.7 Å². The molecule has 52 heavy (non-hydrogen) atoms. The Bertz CT molecular complexity index is 1400. The standard InChI is InChI=1S/C40H64O12/c1-19-10-13-40(35(47)48)15-14-38(6)21(27(40)20(19)2)8-9-26-37(5)16-24(51-33-30(45)28(43)22(41)17-49-33)32(36(3,4)25(37)11-12-39(26,38)7)52-34-31(46)29(44)23(42)18-50-34/h8,19-20,22-34,41-46H,9-18H2,1-7H3,(H,47,48)/t19-,20+,22-,23-,24-,25+,26-,27+,28+,29+,30-,31-,32+,33+,34+,37+,38-,39-,40+/m1/s1. The van der Waals surface area contributed by atoms with E-state index in [1.54, 1.807) is 0 Å². The molecule has 5 aliphatic carbocycles. The average Bonchev–Trinajstić information content (AvgIpc) is 3.08. The van der Waals surface area contributed by atoms with Crippen LogP contribution in [0.25, 0.3) is 0 Å². The number of aliphatic hydroxyl groups excluding tert-OH is 6. The normalized spacial score (nSPS) is 55.9. The van der Waals surface area contributed by atoms with Crippen LogP contribution in [0.5, 0.6) is 0 Å². The monoisotopic (exact) mass is 736 g/mol. The van der Waals surface area contributed by atoms with Crippen LogP contribution >= 0.6 is 0 Å². The number of aliphatic hydroxyl groups is 6. The van der Waals surface area contributed by atoms with Gasteiger partial charge in [-0.15, -0.1) is 0 Å². The molecule has 296 valence electrons. The third-order valence-corrected chi connectivity index (χ3v) is 16.8. The Morgan fingerprint density at radius 2 is 1.37 bits per heavy atom. The summed E-state index contributed by atoms with van der Waals surface area (Å²) in [7, 11) is 0. The molecule has 12 heteroatoms. The summed E-state index contributed by atoms with van der Waals surface area (Å²) in [6.45, 7) is 15.6. The fourth-order valence-electron chi connectivity index (χ4n) is 13.4. The topological polar surface area (TPSA) is 196 Å². The van der Waals surface area contributed by atoms with Gasteiger partial charge in [0.05, 0.1) is 30.8 Å². The molecule has 7 rings (SSSR count). The molecule has 7 aliphatic rings. The second-order valence-electron chi connectivity index (χ2n) is 19.4. The molecule has 0 aromatic rings. The van der Waals surface area contributed by atoms with E-state index in [0.29, 0.717) is 18.8 Å². The molecule has 12 nitrogen and oxygen atoms in total. The number of ether oxygens (including phenoxy) is 4. The van der Waals surface area contributed by atoms with Crippen molar-refractivity contribution >= 4 is 5.97 Å². The molecule has 0 spiro atoms. The van der Waals surface area contributed by atoms with Gasteiger partial charge in [-0.2, -0.15) is 0 Å². The summed E-state index contributed by atoms with van der Waals surface area (Å²) < 4.78 is 24.7. The Morgan fingerprint density at radius 1 is 0.769 bits per heavy atom. The van der Waals surface area contributed by atoms with E-state index in [1.807, 2.05) is 0 Å². The highest BCUT2D eigenvalue weighted by molar-refractivity contribution is 5.76. The quantitative estimate of drug-likeness (QED) is 0.161. The second kappa shape index (κ2) is 13.2. The lowest BCUT2D eigenvalue weighted by Gasteiger charge is -2.72. The summed E-state index contributed by atoms with van der Waals surface area (Å²) in [6.07, 6.45) is -3.69. The molecular weight excluding hydrogens is 672 g/mol. The van der Waals surface area contributed by atoms with E-state index in [0.717, 1.165) is 38.5 Å².